The van der Waals surface area contributed by atoms with Gasteiger partial charge in [-0.25, -0.2) is 0 Å². The van der Waals surface area contributed by atoms with E-state index in [1.165, 1.54) is 51.2 Å². The largest absolute Gasteiger partial charge is 0.411 e. The summed E-state index contributed by atoms with van der Waals surface area (Å²) in [6.45, 7) is 2.24. The molecule has 0 unspecified atom stereocenters. The van der Waals surface area contributed by atoms with Crippen molar-refractivity contribution in [2.45, 2.75) is 58.3 Å². The molecule has 0 saturated heterocycles. The Morgan fingerprint density at radius 3 is 2.29 bits per heavy atom. The Hall–Kier alpha value is -0.790. The maximum absolute atomic E-state index is 8.11. The normalized spacial score (nSPS) is 11.8. The molecule has 0 spiro atoms. The zero-order chi connectivity index (χ0) is 10.5. The summed E-state index contributed by atoms with van der Waals surface area (Å²) in [6, 6.07) is 0. The molecule has 2 nitrogen and oxygen atoms in total. The van der Waals surface area contributed by atoms with Gasteiger partial charge >= 0.3 is 0 Å². The fraction of sp³-hybridized carbons (Fsp3) is 0.750. The highest BCUT2D eigenvalue weighted by Gasteiger charge is 1.88. The van der Waals surface area contributed by atoms with Crippen LogP contribution in [0.3, 0.4) is 0 Å². The van der Waals surface area contributed by atoms with Crippen molar-refractivity contribution < 1.29 is 5.21 Å². The standard InChI is InChI=1S/C12H23NO/c1-2-3-4-5-6-7-8-9-10-11-12-13-14/h10-12,14H,2-9H2,1H3/b11-10-,13-12+. The van der Waals surface area contributed by atoms with Crippen LogP contribution in [0.25, 0.3) is 0 Å². The minimum atomic E-state index is 1.10. The monoisotopic (exact) mass is 197 g/mol. The Balaban J connectivity index is 2.98. The number of oxime groups is 1. The van der Waals surface area contributed by atoms with Gasteiger partial charge in [0.1, 0.15) is 0 Å². The first-order valence-electron chi connectivity index (χ1n) is 5.74. The summed E-state index contributed by atoms with van der Waals surface area (Å²) >= 11 is 0. The van der Waals surface area contributed by atoms with Gasteiger partial charge in [-0.2, -0.15) is 0 Å². The molecule has 0 aliphatic carbocycles. The molecule has 1 N–H and O–H groups in total. The fourth-order valence-electron chi connectivity index (χ4n) is 1.41. The molecular weight excluding hydrogens is 174 g/mol. The Bertz CT molecular complexity index is 152. The molecule has 14 heavy (non-hydrogen) atoms. The van der Waals surface area contributed by atoms with Crippen molar-refractivity contribution in [3.8, 4) is 0 Å². The molecule has 0 aromatic rings. The summed E-state index contributed by atoms with van der Waals surface area (Å²) in [5.74, 6) is 0. The SMILES string of the molecule is CCCCCCCCC/C=C\C=N\O. The Morgan fingerprint density at radius 1 is 1.00 bits per heavy atom. The van der Waals surface area contributed by atoms with E-state index in [9.17, 15) is 0 Å². The molecule has 0 aliphatic heterocycles. The lowest BCUT2D eigenvalue weighted by molar-refractivity contribution is 0.322. The first-order chi connectivity index (χ1) is 6.91. The van der Waals surface area contributed by atoms with Gasteiger partial charge < -0.3 is 5.21 Å². The van der Waals surface area contributed by atoms with Crippen molar-refractivity contribution in [3.05, 3.63) is 12.2 Å². The average Bonchev–Trinajstić information content (AvgIpc) is 2.21. The molecule has 0 heterocycles. The van der Waals surface area contributed by atoms with Crippen LogP contribution in [0.2, 0.25) is 0 Å². The third-order valence-electron chi connectivity index (χ3n) is 2.26. The highest BCUT2D eigenvalue weighted by Crippen LogP contribution is 2.08. The van der Waals surface area contributed by atoms with E-state index in [4.69, 9.17) is 5.21 Å². The van der Waals surface area contributed by atoms with E-state index in [0.29, 0.717) is 0 Å². The quantitative estimate of drug-likeness (QED) is 0.256. The van der Waals surface area contributed by atoms with Gasteiger partial charge in [0.25, 0.3) is 0 Å². The summed E-state index contributed by atoms with van der Waals surface area (Å²) in [4.78, 5) is 0. The van der Waals surface area contributed by atoms with Crippen LogP contribution in [0, 0.1) is 0 Å². The van der Waals surface area contributed by atoms with Crippen LogP contribution in [0.15, 0.2) is 17.3 Å². The van der Waals surface area contributed by atoms with Gasteiger partial charge in [-0.3, -0.25) is 0 Å². The van der Waals surface area contributed by atoms with Crippen LogP contribution in [0.4, 0.5) is 0 Å². The number of allylic oxidation sites excluding steroid dienone is 2. The second-order valence-electron chi connectivity index (χ2n) is 3.60. The summed E-state index contributed by atoms with van der Waals surface area (Å²) in [7, 11) is 0. The lowest BCUT2D eigenvalue weighted by Gasteiger charge is -1.98. The van der Waals surface area contributed by atoms with Crippen molar-refractivity contribution in [2.75, 3.05) is 0 Å². The Labute approximate surface area is 87.7 Å². The zero-order valence-corrected chi connectivity index (χ0v) is 9.28. The molecule has 0 aliphatic rings. The number of unbranched alkanes of at least 4 members (excludes halogenated alkanes) is 7. The maximum Gasteiger partial charge on any atom is 0.0658 e. The Morgan fingerprint density at radius 2 is 1.64 bits per heavy atom. The van der Waals surface area contributed by atoms with E-state index in [2.05, 4.69) is 12.1 Å². The van der Waals surface area contributed by atoms with Crippen LogP contribution in [0.5, 0.6) is 0 Å². The number of hydrogen-bond donors (Lipinski definition) is 1. The molecule has 82 valence electrons. The maximum atomic E-state index is 8.11. The van der Waals surface area contributed by atoms with Crippen LogP contribution in [-0.2, 0) is 0 Å². The van der Waals surface area contributed by atoms with Gasteiger partial charge in [0.15, 0.2) is 0 Å². The average molecular weight is 197 g/mol. The third-order valence-corrected chi connectivity index (χ3v) is 2.26. The minimum absolute atomic E-state index is 1.10. The Kier molecular flexibility index (Phi) is 11.5. The van der Waals surface area contributed by atoms with Gasteiger partial charge in [0, 0.05) is 0 Å². The number of rotatable bonds is 9. The molecule has 0 radical (unpaired) electrons. The van der Waals surface area contributed by atoms with Gasteiger partial charge in [-0.1, -0.05) is 56.7 Å². The number of hydrogen-bond acceptors (Lipinski definition) is 2. The van der Waals surface area contributed by atoms with Crippen molar-refractivity contribution in [2.24, 2.45) is 5.16 Å². The van der Waals surface area contributed by atoms with Crippen molar-refractivity contribution in [1.82, 2.24) is 0 Å². The van der Waals surface area contributed by atoms with Gasteiger partial charge in [-0.15, -0.1) is 0 Å². The molecule has 0 saturated carbocycles. The van der Waals surface area contributed by atoms with Gasteiger partial charge in [-0.05, 0) is 18.9 Å². The smallest absolute Gasteiger partial charge is 0.0658 e. The second kappa shape index (κ2) is 12.2. The van der Waals surface area contributed by atoms with Gasteiger partial charge in [0.05, 0.1) is 6.21 Å². The van der Waals surface area contributed by atoms with Gasteiger partial charge in [0.2, 0.25) is 0 Å². The minimum Gasteiger partial charge on any atom is -0.411 e. The van der Waals surface area contributed by atoms with Crippen molar-refractivity contribution >= 4 is 6.21 Å². The second-order valence-corrected chi connectivity index (χ2v) is 3.60. The molecule has 0 aromatic carbocycles. The first kappa shape index (κ1) is 13.2. The first-order valence-corrected chi connectivity index (χ1v) is 5.74. The van der Waals surface area contributed by atoms with E-state index in [1.807, 2.05) is 6.08 Å². The summed E-state index contributed by atoms with van der Waals surface area (Å²) < 4.78 is 0. The molecule has 0 atom stereocenters. The van der Waals surface area contributed by atoms with Crippen LogP contribution in [-0.4, -0.2) is 11.4 Å². The lowest BCUT2D eigenvalue weighted by Crippen LogP contribution is -1.78. The molecule has 2 heteroatoms. The zero-order valence-electron chi connectivity index (χ0n) is 9.28. The predicted molar refractivity (Wildman–Crippen MR) is 62.0 cm³/mol. The lowest BCUT2D eigenvalue weighted by atomic mass is 10.1. The van der Waals surface area contributed by atoms with E-state index in [0.717, 1.165) is 6.42 Å². The van der Waals surface area contributed by atoms with E-state index < -0.39 is 0 Å². The molecular formula is C12H23NO. The van der Waals surface area contributed by atoms with E-state index in [1.54, 1.807) is 6.08 Å². The van der Waals surface area contributed by atoms with Crippen molar-refractivity contribution in [1.29, 1.82) is 0 Å². The van der Waals surface area contributed by atoms with Crippen LogP contribution >= 0.6 is 0 Å². The van der Waals surface area contributed by atoms with Crippen LogP contribution in [0.1, 0.15) is 58.3 Å². The molecule has 0 rings (SSSR count). The van der Waals surface area contributed by atoms with E-state index in [-0.39, 0.29) is 0 Å². The topological polar surface area (TPSA) is 32.6 Å². The molecule has 0 fully saturated rings. The number of nitrogens with zero attached hydrogens (tertiary/aromatic N) is 1. The fourth-order valence-corrected chi connectivity index (χ4v) is 1.41. The molecule has 0 aromatic heterocycles. The molecule has 0 amide bonds. The highest BCUT2D eigenvalue weighted by atomic mass is 16.4. The van der Waals surface area contributed by atoms with Crippen LogP contribution < -0.4 is 0 Å². The molecule has 0 bridgehead atoms. The summed E-state index contributed by atoms with van der Waals surface area (Å²) in [6.07, 6.45) is 15.8. The third kappa shape index (κ3) is 11.2. The summed E-state index contributed by atoms with van der Waals surface area (Å²) in [5.41, 5.74) is 0. The summed E-state index contributed by atoms with van der Waals surface area (Å²) in [5, 5.41) is 11.0. The highest BCUT2D eigenvalue weighted by molar-refractivity contribution is 5.70. The predicted octanol–water partition coefficient (Wildman–Crippen LogP) is 4.14. The van der Waals surface area contributed by atoms with E-state index >= 15 is 0 Å². The van der Waals surface area contributed by atoms with Crippen molar-refractivity contribution in [3.63, 3.8) is 0 Å².